The summed E-state index contributed by atoms with van der Waals surface area (Å²) in [6.07, 6.45) is 39.6. The molecule has 4 atom stereocenters. The van der Waals surface area contributed by atoms with Gasteiger partial charge in [-0.05, 0) is 57.8 Å². The van der Waals surface area contributed by atoms with Gasteiger partial charge in [0.15, 0.2) is 0 Å². The summed E-state index contributed by atoms with van der Waals surface area (Å²) >= 11 is 0. The predicted molar refractivity (Wildman–Crippen MR) is 214 cm³/mol. The van der Waals surface area contributed by atoms with Crippen LogP contribution in [0.2, 0.25) is 0 Å². The number of phosphoric acid groups is 1. The fourth-order valence-corrected chi connectivity index (χ4v) is 6.59. The third-order valence-electron chi connectivity index (χ3n) is 8.99. The summed E-state index contributed by atoms with van der Waals surface area (Å²) in [5, 5.41) is 23.9. The zero-order chi connectivity index (χ0) is 37.7. The van der Waals surface area contributed by atoms with E-state index in [9.17, 15) is 24.5 Å². The van der Waals surface area contributed by atoms with E-state index in [0.29, 0.717) is 12.8 Å². The molecule has 0 saturated carbocycles. The fourth-order valence-electron chi connectivity index (χ4n) is 5.83. The van der Waals surface area contributed by atoms with Crippen LogP contribution in [-0.2, 0) is 18.4 Å². The normalized spacial score (nSPS) is 15.2. The topological polar surface area (TPSA) is 151 Å². The van der Waals surface area contributed by atoms with Crippen LogP contribution >= 0.6 is 7.82 Å². The number of allylic oxidation sites excluding steroid dienone is 5. The number of carbonyl (C=O) groups is 1. The SMILES string of the molecule is CCCCCC/C=C/CC/C=C/C(O)C(COP(=O)(O)OCCN)NC(=O)CC(O)CCCCCCC/C=C\CCCCCCCCCCCC. The van der Waals surface area contributed by atoms with E-state index in [-0.39, 0.29) is 19.6 Å². The van der Waals surface area contributed by atoms with E-state index in [1.165, 1.54) is 103 Å². The summed E-state index contributed by atoms with van der Waals surface area (Å²) in [7, 11) is -4.40. The molecule has 0 radical (unpaired) electrons. The van der Waals surface area contributed by atoms with Crippen LogP contribution in [-0.4, -0.2) is 59.0 Å². The van der Waals surface area contributed by atoms with Crippen molar-refractivity contribution in [3.05, 3.63) is 36.5 Å². The number of carbonyl (C=O) groups excluding carboxylic acids is 1. The molecule has 0 aromatic rings. The van der Waals surface area contributed by atoms with E-state index < -0.39 is 38.6 Å². The molecule has 0 heterocycles. The largest absolute Gasteiger partial charge is 0.472 e. The number of aliphatic hydroxyl groups excluding tert-OH is 2. The average molecular weight is 743 g/mol. The molecular weight excluding hydrogens is 663 g/mol. The third kappa shape index (κ3) is 35.5. The van der Waals surface area contributed by atoms with Crippen LogP contribution in [0.1, 0.15) is 181 Å². The second-order valence-corrected chi connectivity index (χ2v) is 15.5. The maximum Gasteiger partial charge on any atom is 0.472 e. The van der Waals surface area contributed by atoms with Gasteiger partial charge in [-0.25, -0.2) is 4.57 Å². The first-order valence-electron chi connectivity index (χ1n) is 20.7. The number of nitrogens with two attached hydrogens (primary N) is 1. The molecule has 51 heavy (non-hydrogen) atoms. The Labute approximate surface area is 312 Å². The van der Waals surface area contributed by atoms with Crippen molar-refractivity contribution >= 4 is 13.7 Å². The smallest absolute Gasteiger partial charge is 0.393 e. The third-order valence-corrected chi connectivity index (χ3v) is 9.98. The van der Waals surface area contributed by atoms with Gasteiger partial charge in [-0.3, -0.25) is 13.8 Å². The maximum atomic E-state index is 12.8. The molecule has 0 aliphatic heterocycles. The molecule has 300 valence electrons. The zero-order valence-electron chi connectivity index (χ0n) is 32.7. The van der Waals surface area contributed by atoms with Crippen molar-refractivity contribution in [3.63, 3.8) is 0 Å². The molecule has 0 aromatic carbocycles. The molecule has 0 spiro atoms. The van der Waals surface area contributed by atoms with E-state index in [1.54, 1.807) is 6.08 Å². The number of phosphoric ester groups is 1. The molecule has 4 unspecified atom stereocenters. The van der Waals surface area contributed by atoms with Gasteiger partial charge in [-0.2, -0.15) is 0 Å². The number of aliphatic hydroxyl groups is 2. The van der Waals surface area contributed by atoms with Crippen LogP contribution in [0.4, 0.5) is 0 Å². The van der Waals surface area contributed by atoms with E-state index in [2.05, 4.69) is 43.5 Å². The number of hydrogen-bond donors (Lipinski definition) is 5. The van der Waals surface area contributed by atoms with Crippen molar-refractivity contribution < 1.29 is 33.5 Å². The quantitative estimate of drug-likeness (QED) is 0.0238. The first-order chi connectivity index (χ1) is 24.8. The van der Waals surface area contributed by atoms with Gasteiger partial charge >= 0.3 is 7.82 Å². The molecule has 0 bridgehead atoms. The van der Waals surface area contributed by atoms with E-state index in [1.807, 2.05) is 6.08 Å². The lowest BCUT2D eigenvalue weighted by molar-refractivity contribution is -0.124. The number of hydrogen-bond acceptors (Lipinski definition) is 7. The molecule has 0 rings (SSSR count). The molecule has 6 N–H and O–H groups in total. The Bertz CT molecular complexity index is 914. The summed E-state index contributed by atoms with van der Waals surface area (Å²) in [4.78, 5) is 22.6. The number of nitrogens with one attached hydrogen (secondary N) is 1. The summed E-state index contributed by atoms with van der Waals surface area (Å²) < 4.78 is 22.0. The Morgan fingerprint density at radius 2 is 1.12 bits per heavy atom. The first-order valence-corrected chi connectivity index (χ1v) is 22.2. The van der Waals surface area contributed by atoms with Crippen molar-refractivity contribution in [1.82, 2.24) is 5.32 Å². The highest BCUT2D eigenvalue weighted by atomic mass is 31.2. The van der Waals surface area contributed by atoms with Crippen molar-refractivity contribution in [3.8, 4) is 0 Å². The molecule has 1 amide bonds. The standard InChI is InChI=1S/C41H79N2O7P/c1-3-5-7-9-11-13-15-16-17-18-19-20-21-22-23-24-26-28-30-32-38(44)36-41(46)43-39(37-50-51(47,48)49-35-34-42)40(45)33-31-29-27-25-14-12-10-8-6-4-2/h14,20-21,25,31,33,38-40,44-45H,3-13,15-19,22-24,26-30,32,34-37,42H2,1-2H3,(H,43,46)(H,47,48)/b21-20-,25-14+,33-31+. The summed E-state index contributed by atoms with van der Waals surface area (Å²) in [6, 6.07) is -0.999. The minimum absolute atomic E-state index is 0.0430. The van der Waals surface area contributed by atoms with Gasteiger partial charge in [0.25, 0.3) is 0 Å². The van der Waals surface area contributed by atoms with Gasteiger partial charge in [0.1, 0.15) is 0 Å². The lowest BCUT2D eigenvalue weighted by Gasteiger charge is -2.24. The summed E-state index contributed by atoms with van der Waals surface area (Å²) in [5.74, 6) is -0.463. The zero-order valence-corrected chi connectivity index (χ0v) is 33.6. The second-order valence-electron chi connectivity index (χ2n) is 14.0. The maximum absolute atomic E-state index is 12.8. The molecule has 9 nitrogen and oxygen atoms in total. The number of unbranched alkanes of at least 4 members (excludes halogenated alkanes) is 20. The summed E-state index contributed by atoms with van der Waals surface area (Å²) in [6.45, 7) is 3.90. The minimum Gasteiger partial charge on any atom is -0.393 e. The van der Waals surface area contributed by atoms with Gasteiger partial charge < -0.3 is 26.2 Å². The lowest BCUT2D eigenvalue weighted by Crippen LogP contribution is -2.46. The highest BCUT2D eigenvalue weighted by Crippen LogP contribution is 2.43. The number of amides is 1. The van der Waals surface area contributed by atoms with Gasteiger partial charge in [0.05, 0.1) is 37.9 Å². The van der Waals surface area contributed by atoms with Crippen molar-refractivity contribution in [2.45, 2.75) is 199 Å². The Morgan fingerprint density at radius 3 is 1.65 bits per heavy atom. The molecule has 10 heteroatoms. The van der Waals surface area contributed by atoms with Crippen LogP contribution in [0.5, 0.6) is 0 Å². The minimum atomic E-state index is -4.40. The van der Waals surface area contributed by atoms with Crippen LogP contribution in [0.15, 0.2) is 36.5 Å². The van der Waals surface area contributed by atoms with Crippen molar-refractivity contribution in [1.29, 1.82) is 0 Å². The fraction of sp³-hybridized carbons (Fsp3) is 0.829. The van der Waals surface area contributed by atoms with E-state index in [0.717, 1.165) is 44.9 Å². The van der Waals surface area contributed by atoms with E-state index in [4.69, 9.17) is 14.8 Å². The second kappa shape index (κ2) is 37.0. The molecular formula is C41H79N2O7P. The Kier molecular flexibility index (Phi) is 36.1. The van der Waals surface area contributed by atoms with Gasteiger partial charge in [0, 0.05) is 6.54 Å². The van der Waals surface area contributed by atoms with Crippen LogP contribution in [0.3, 0.4) is 0 Å². The molecule has 0 fully saturated rings. The van der Waals surface area contributed by atoms with Gasteiger partial charge in [0.2, 0.25) is 5.91 Å². The van der Waals surface area contributed by atoms with Crippen molar-refractivity contribution in [2.75, 3.05) is 19.8 Å². The lowest BCUT2D eigenvalue weighted by atomic mass is 10.0. The molecule has 0 aliphatic rings. The Balaban J connectivity index is 4.29. The van der Waals surface area contributed by atoms with Crippen LogP contribution < -0.4 is 11.1 Å². The highest BCUT2D eigenvalue weighted by molar-refractivity contribution is 7.47. The van der Waals surface area contributed by atoms with Crippen molar-refractivity contribution in [2.24, 2.45) is 5.73 Å². The van der Waals surface area contributed by atoms with Gasteiger partial charge in [-0.1, -0.05) is 153 Å². The molecule has 0 aromatic heterocycles. The van der Waals surface area contributed by atoms with Crippen LogP contribution in [0.25, 0.3) is 0 Å². The molecule has 0 saturated heterocycles. The first kappa shape index (κ1) is 49.7. The summed E-state index contributed by atoms with van der Waals surface area (Å²) in [5.41, 5.74) is 5.34. The highest BCUT2D eigenvalue weighted by Gasteiger charge is 2.27. The monoisotopic (exact) mass is 743 g/mol. The number of rotatable bonds is 38. The van der Waals surface area contributed by atoms with E-state index >= 15 is 0 Å². The molecule has 0 aliphatic carbocycles. The Hall–Kier alpha value is -1.32. The average Bonchev–Trinajstić information content (AvgIpc) is 3.10. The van der Waals surface area contributed by atoms with Gasteiger partial charge in [-0.15, -0.1) is 0 Å². The Morgan fingerprint density at radius 1 is 0.667 bits per heavy atom. The predicted octanol–water partition coefficient (Wildman–Crippen LogP) is 10.1. The van der Waals surface area contributed by atoms with Crippen LogP contribution in [0, 0.1) is 0 Å².